The first-order valence-corrected chi connectivity index (χ1v) is 6.74. The Hall–Kier alpha value is -2.82. The SMILES string of the molecule is CCOc1ccccc1C(=O)Nc1ccc2cn[nH]c2c1. The number of fused-ring (bicyclic) bond motifs is 1. The third kappa shape index (κ3) is 2.72. The zero-order chi connectivity index (χ0) is 14.7. The van der Waals surface area contributed by atoms with Gasteiger partial charge < -0.3 is 10.1 Å². The number of carbonyl (C=O) groups excluding carboxylic acids is 1. The number of nitrogens with zero attached hydrogens (tertiary/aromatic N) is 1. The molecule has 0 unspecified atom stereocenters. The van der Waals surface area contributed by atoms with Crippen LogP contribution in [0.25, 0.3) is 10.9 Å². The number of benzene rings is 2. The van der Waals surface area contributed by atoms with Gasteiger partial charge in [-0.1, -0.05) is 12.1 Å². The summed E-state index contributed by atoms with van der Waals surface area (Å²) in [5, 5.41) is 10.7. The number of hydrogen-bond acceptors (Lipinski definition) is 3. The van der Waals surface area contributed by atoms with Gasteiger partial charge in [-0.2, -0.15) is 5.10 Å². The first-order valence-electron chi connectivity index (χ1n) is 6.74. The van der Waals surface area contributed by atoms with E-state index in [-0.39, 0.29) is 5.91 Å². The molecule has 1 heterocycles. The summed E-state index contributed by atoms with van der Waals surface area (Å²) < 4.78 is 5.48. The average Bonchev–Trinajstić information content (AvgIpc) is 2.95. The van der Waals surface area contributed by atoms with E-state index in [0.29, 0.717) is 23.6 Å². The highest BCUT2D eigenvalue weighted by Crippen LogP contribution is 2.21. The number of aromatic amines is 1. The summed E-state index contributed by atoms with van der Waals surface area (Å²) in [7, 11) is 0. The molecular weight excluding hydrogens is 266 g/mol. The summed E-state index contributed by atoms with van der Waals surface area (Å²) in [6.45, 7) is 2.41. The number of hydrogen-bond donors (Lipinski definition) is 2. The van der Waals surface area contributed by atoms with Crippen LogP contribution in [0.1, 0.15) is 17.3 Å². The first-order chi connectivity index (χ1) is 10.3. The van der Waals surface area contributed by atoms with E-state index in [1.54, 1.807) is 18.3 Å². The minimum atomic E-state index is -0.196. The second-order valence-corrected chi connectivity index (χ2v) is 4.56. The third-order valence-electron chi connectivity index (χ3n) is 3.13. The number of carbonyl (C=O) groups is 1. The largest absolute Gasteiger partial charge is 0.493 e. The number of ether oxygens (including phenoxy) is 1. The molecule has 21 heavy (non-hydrogen) atoms. The number of nitrogens with one attached hydrogen (secondary N) is 2. The normalized spacial score (nSPS) is 10.5. The number of aromatic nitrogens is 2. The van der Waals surface area contributed by atoms with Gasteiger partial charge in [-0.15, -0.1) is 0 Å². The lowest BCUT2D eigenvalue weighted by Gasteiger charge is -2.10. The van der Waals surface area contributed by atoms with Crippen LogP contribution >= 0.6 is 0 Å². The fraction of sp³-hybridized carbons (Fsp3) is 0.125. The van der Waals surface area contributed by atoms with Crippen LogP contribution in [0.3, 0.4) is 0 Å². The topological polar surface area (TPSA) is 67.0 Å². The molecule has 106 valence electrons. The summed E-state index contributed by atoms with van der Waals surface area (Å²) >= 11 is 0. The zero-order valence-electron chi connectivity index (χ0n) is 11.6. The molecule has 2 N–H and O–H groups in total. The Kier molecular flexibility index (Phi) is 3.55. The summed E-state index contributed by atoms with van der Waals surface area (Å²) in [4.78, 5) is 12.4. The highest BCUT2D eigenvalue weighted by molar-refractivity contribution is 6.06. The predicted molar refractivity (Wildman–Crippen MR) is 81.7 cm³/mol. The van der Waals surface area contributed by atoms with Crippen molar-refractivity contribution >= 4 is 22.5 Å². The van der Waals surface area contributed by atoms with E-state index in [1.807, 2.05) is 37.3 Å². The second kappa shape index (κ2) is 5.66. The Morgan fingerprint density at radius 1 is 1.29 bits per heavy atom. The van der Waals surface area contributed by atoms with Crippen molar-refractivity contribution < 1.29 is 9.53 Å². The number of anilines is 1. The predicted octanol–water partition coefficient (Wildman–Crippen LogP) is 3.21. The van der Waals surface area contributed by atoms with Crippen molar-refractivity contribution in [3.63, 3.8) is 0 Å². The number of rotatable bonds is 4. The van der Waals surface area contributed by atoms with Crippen molar-refractivity contribution in [2.45, 2.75) is 6.92 Å². The second-order valence-electron chi connectivity index (χ2n) is 4.56. The van der Waals surface area contributed by atoms with Crippen molar-refractivity contribution in [2.24, 2.45) is 0 Å². The monoisotopic (exact) mass is 281 g/mol. The molecule has 0 saturated heterocycles. The molecule has 0 aliphatic rings. The van der Waals surface area contributed by atoms with E-state index >= 15 is 0 Å². The molecule has 3 aromatic rings. The van der Waals surface area contributed by atoms with Gasteiger partial charge in [0.2, 0.25) is 0 Å². The van der Waals surface area contributed by atoms with Crippen molar-refractivity contribution in [3.05, 3.63) is 54.2 Å². The summed E-state index contributed by atoms with van der Waals surface area (Å²) in [5.41, 5.74) is 2.11. The lowest BCUT2D eigenvalue weighted by molar-refractivity contribution is 0.102. The minimum Gasteiger partial charge on any atom is -0.493 e. The molecule has 1 aromatic heterocycles. The lowest BCUT2D eigenvalue weighted by atomic mass is 10.1. The van der Waals surface area contributed by atoms with Gasteiger partial charge in [0.05, 0.1) is 23.9 Å². The molecule has 5 heteroatoms. The number of H-pyrrole nitrogens is 1. The van der Waals surface area contributed by atoms with Crippen molar-refractivity contribution in [3.8, 4) is 5.75 Å². The van der Waals surface area contributed by atoms with Gasteiger partial charge in [-0.05, 0) is 37.3 Å². The third-order valence-corrected chi connectivity index (χ3v) is 3.13. The molecule has 3 rings (SSSR count). The molecule has 0 fully saturated rings. The van der Waals surface area contributed by atoms with Crippen LogP contribution in [0.5, 0.6) is 5.75 Å². The molecule has 1 amide bonds. The van der Waals surface area contributed by atoms with E-state index < -0.39 is 0 Å². The van der Waals surface area contributed by atoms with E-state index in [1.165, 1.54) is 0 Å². The fourth-order valence-electron chi connectivity index (χ4n) is 2.15. The smallest absolute Gasteiger partial charge is 0.259 e. The molecule has 2 aromatic carbocycles. The molecule has 0 saturated carbocycles. The van der Waals surface area contributed by atoms with Crippen molar-refractivity contribution in [1.29, 1.82) is 0 Å². The van der Waals surface area contributed by atoms with Gasteiger partial charge in [-0.25, -0.2) is 0 Å². The Balaban J connectivity index is 1.85. The van der Waals surface area contributed by atoms with Crippen LogP contribution in [0.2, 0.25) is 0 Å². The summed E-state index contributed by atoms with van der Waals surface area (Å²) in [5.74, 6) is 0.387. The molecule has 0 aliphatic carbocycles. The Bertz CT molecular complexity index is 780. The Labute approximate surface area is 121 Å². The maximum Gasteiger partial charge on any atom is 0.259 e. The maximum atomic E-state index is 12.4. The van der Waals surface area contributed by atoms with Crippen LogP contribution in [0.15, 0.2) is 48.7 Å². The van der Waals surface area contributed by atoms with E-state index in [2.05, 4.69) is 15.5 Å². The van der Waals surface area contributed by atoms with Gasteiger partial charge >= 0.3 is 0 Å². The molecule has 0 aliphatic heterocycles. The van der Waals surface area contributed by atoms with Crippen molar-refractivity contribution in [2.75, 3.05) is 11.9 Å². The lowest BCUT2D eigenvalue weighted by Crippen LogP contribution is -2.13. The van der Waals surface area contributed by atoms with E-state index in [0.717, 1.165) is 10.9 Å². The molecule has 0 radical (unpaired) electrons. The van der Waals surface area contributed by atoms with Gasteiger partial charge in [-0.3, -0.25) is 9.89 Å². The summed E-state index contributed by atoms with van der Waals surface area (Å²) in [6.07, 6.45) is 1.74. The van der Waals surface area contributed by atoms with Crippen LogP contribution in [-0.4, -0.2) is 22.7 Å². The van der Waals surface area contributed by atoms with Crippen LogP contribution in [0.4, 0.5) is 5.69 Å². The zero-order valence-corrected chi connectivity index (χ0v) is 11.6. The standard InChI is InChI=1S/C16H15N3O2/c1-2-21-15-6-4-3-5-13(15)16(20)18-12-8-7-11-10-17-19-14(11)9-12/h3-10H,2H2,1H3,(H,17,19)(H,18,20). The van der Waals surface area contributed by atoms with Crippen LogP contribution < -0.4 is 10.1 Å². The van der Waals surface area contributed by atoms with Crippen molar-refractivity contribution in [1.82, 2.24) is 10.2 Å². The quantitative estimate of drug-likeness (QED) is 0.771. The molecule has 0 bridgehead atoms. The molecule has 0 spiro atoms. The van der Waals surface area contributed by atoms with Gasteiger partial charge in [0.1, 0.15) is 5.75 Å². The Morgan fingerprint density at radius 3 is 3.00 bits per heavy atom. The van der Waals surface area contributed by atoms with Crippen LogP contribution in [-0.2, 0) is 0 Å². The summed E-state index contributed by atoms with van der Waals surface area (Å²) in [6, 6.07) is 12.8. The Morgan fingerprint density at radius 2 is 2.14 bits per heavy atom. The molecule has 5 nitrogen and oxygen atoms in total. The highest BCUT2D eigenvalue weighted by Gasteiger charge is 2.12. The number of amides is 1. The molecular formula is C16H15N3O2. The van der Waals surface area contributed by atoms with E-state index in [4.69, 9.17) is 4.74 Å². The van der Waals surface area contributed by atoms with Crippen LogP contribution in [0, 0.1) is 0 Å². The maximum absolute atomic E-state index is 12.4. The highest BCUT2D eigenvalue weighted by atomic mass is 16.5. The average molecular weight is 281 g/mol. The van der Waals surface area contributed by atoms with Gasteiger partial charge in [0.25, 0.3) is 5.91 Å². The molecule has 0 atom stereocenters. The van der Waals surface area contributed by atoms with Gasteiger partial charge in [0.15, 0.2) is 0 Å². The van der Waals surface area contributed by atoms with E-state index in [9.17, 15) is 4.79 Å². The minimum absolute atomic E-state index is 0.196. The number of para-hydroxylation sites is 1. The fourth-order valence-corrected chi connectivity index (χ4v) is 2.15. The first kappa shape index (κ1) is 13.2. The van der Waals surface area contributed by atoms with Gasteiger partial charge in [0, 0.05) is 11.1 Å².